The van der Waals surface area contributed by atoms with E-state index >= 15 is 0 Å². The predicted octanol–water partition coefficient (Wildman–Crippen LogP) is 5.37. The van der Waals surface area contributed by atoms with E-state index in [4.69, 9.17) is 5.73 Å². The van der Waals surface area contributed by atoms with Gasteiger partial charge in [0.15, 0.2) is 0 Å². The largest absolute Gasteiger partial charge is 0.399 e. The summed E-state index contributed by atoms with van der Waals surface area (Å²) >= 11 is 7.13. The molecule has 0 amide bonds. The fraction of sp³-hybridized carbons (Fsp3) is 0.143. The van der Waals surface area contributed by atoms with Gasteiger partial charge in [-0.25, -0.2) is 0 Å². The SMILES string of the molecule is Nc1ccc(NCC(O)Cn2c3ccc(Br)cc3c3cc(Br)ccc32)cc1. The van der Waals surface area contributed by atoms with Gasteiger partial charge in [0.1, 0.15) is 0 Å². The first-order valence-electron chi connectivity index (χ1n) is 8.66. The molecule has 1 unspecified atom stereocenters. The Bertz CT molecular complexity index is 1050. The van der Waals surface area contributed by atoms with Crippen molar-refractivity contribution in [2.75, 3.05) is 17.6 Å². The number of rotatable bonds is 5. The maximum Gasteiger partial charge on any atom is 0.0891 e. The van der Waals surface area contributed by atoms with Gasteiger partial charge in [0.25, 0.3) is 0 Å². The normalized spacial score (nSPS) is 12.6. The average Bonchev–Trinajstić information content (AvgIpc) is 2.94. The number of halogens is 2. The van der Waals surface area contributed by atoms with Crippen molar-refractivity contribution in [1.82, 2.24) is 4.57 Å². The second kappa shape index (κ2) is 7.54. The van der Waals surface area contributed by atoms with Crippen molar-refractivity contribution in [3.8, 4) is 0 Å². The number of benzene rings is 3. The van der Waals surface area contributed by atoms with Crippen molar-refractivity contribution in [1.29, 1.82) is 0 Å². The Morgan fingerprint density at radius 1 is 0.889 bits per heavy atom. The van der Waals surface area contributed by atoms with Crippen molar-refractivity contribution >= 4 is 65.0 Å². The van der Waals surface area contributed by atoms with E-state index in [-0.39, 0.29) is 0 Å². The molecule has 4 aromatic rings. The molecule has 3 aromatic carbocycles. The van der Waals surface area contributed by atoms with Crippen LogP contribution in [0, 0.1) is 0 Å². The van der Waals surface area contributed by atoms with E-state index in [2.05, 4.69) is 66.0 Å². The smallest absolute Gasteiger partial charge is 0.0891 e. The highest BCUT2D eigenvalue weighted by Gasteiger charge is 2.14. The molecule has 4 nitrogen and oxygen atoms in total. The zero-order valence-corrected chi connectivity index (χ0v) is 17.7. The lowest BCUT2D eigenvalue weighted by molar-refractivity contribution is 0.169. The molecular weight excluding hydrogens is 470 g/mol. The topological polar surface area (TPSA) is 63.2 Å². The van der Waals surface area contributed by atoms with Crippen LogP contribution in [0.25, 0.3) is 21.8 Å². The number of nitrogens with zero attached hydrogens (tertiary/aromatic N) is 1. The minimum absolute atomic E-state index is 0.456. The number of aliphatic hydroxyl groups is 1. The number of anilines is 2. The number of hydrogen-bond acceptors (Lipinski definition) is 3. The van der Waals surface area contributed by atoms with Gasteiger partial charge >= 0.3 is 0 Å². The molecule has 1 aromatic heterocycles. The van der Waals surface area contributed by atoms with Crippen LogP contribution >= 0.6 is 31.9 Å². The Kier molecular flexibility index (Phi) is 5.12. The van der Waals surface area contributed by atoms with Gasteiger partial charge < -0.3 is 20.7 Å². The lowest BCUT2D eigenvalue weighted by atomic mass is 10.2. The Hall–Kier alpha value is -2.02. The standard InChI is InChI=1S/C21H19Br2N3O/c22-13-1-7-20-18(9-13)19-10-14(23)2-8-21(19)26(20)12-17(27)11-25-16-5-3-15(24)4-6-16/h1-10,17,25,27H,11-12,24H2. The van der Waals surface area contributed by atoms with E-state index in [1.807, 2.05) is 36.4 Å². The lowest BCUT2D eigenvalue weighted by Crippen LogP contribution is -2.24. The maximum atomic E-state index is 10.6. The van der Waals surface area contributed by atoms with Gasteiger partial charge in [0.05, 0.1) is 12.6 Å². The first kappa shape index (κ1) is 18.3. The van der Waals surface area contributed by atoms with Crippen molar-refractivity contribution in [2.45, 2.75) is 12.6 Å². The molecule has 27 heavy (non-hydrogen) atoms. The predicted molar refractivity (Wildman–Crippen MR) is 120 cm³/mol. The van der Waals surface area contributed by atoms with Gasteiger partial charge in [-0.05, 0) is 60.7 Å². The highest BCUT2D eigenvalue weighted by Crippen LogP contribution is 2.33. The molecule has 0 radical (unpaired) electrons. The number of nitrogens with two attached hydrogens (primary N) is 1. The average molecular weight is 489 g/mol. The third-order valence-electron chi connectivity index (χ3n) is 4.63. The van der Waals surface area contributed by atoms with Crippen LogP contribution in [0.1, 0.15) is 0 Å². The first-order chi connectivity index (χ1) is 13.0. The molecular formula is C21H19Br2N3O. The molecule has 0 fully saturated rings. The number of fused-ring (bicyclic) bond motifs is 3. The molecule has 138 valence electrons. The summed E-state index contributed by atoms with van der Waals surface area (Å²) in [4.78, 5) is 0. The van der Waals surface area contributed by atoms with E-state index in [0.29, 0.717) is 13.1 Å². The fourth-order valence-electron chi connectivity index (χ4n) is 3.36. The molecule has 0 aliphatic heterocycles. The van der Waals surface area contributed by atoms with Crippen LogP contribution < -0.4 is 11.1 Å². The molecule has 6 heteroatoms. The third-order valence-corrected chi connectivity index (χ3v) is 5.62. The van der Waals surface area contributed by atoms with Crippen molar-refractivity contribution in [3.05, 3.63) is 69.6 Å². The van der Waals surface area contributed by atoms with Crippen LogP contribution in [0.3, 0.4) is 0 Å². The number of nitrogens with one attached hydrogen (secondary N) is 1. The van der Waals surface area contributed by atoms with Crippen molar-refractivity contribution < 1.29 is 5.11 Å². The zero-order valence-electron chi connectivity index (χ0n) is 14.5. The van der Waals surface area contributed by atoms with Crippen LogP contribution in [-0.4, -0.2) is 22.3 Å². The van der Waals surface area contributed by atoms with E-state index in [1.54, 1.807) is 0 Å². The van der Waals surface area contributed by atoms with Gasteiger partial charge in [-0.1, -0.05) is 31.9 Å². The highest BCUT2D eigenvalue weighted by molar-refractivity contribution is 9.10. The van der Waals surface area contributed by atoms with Crippen molar-refractivity contribution in [3.63, 3.8) is 0 Å². The molecule has 1 heterocycles. The quantitative estimate of drug-likeness (QED) is 0.330. The second-order valence-corrected chi connectivity index (χ2v) is 8.42. The van der Waals surface area contributed by atoms with Crippen molar-refractivity contribution in [2.24, 2.45) is 0 Å². The molecule has 0 bridgehead atoms. The van der Waals surface area contributed by atoms with Crippen LogP contribution in [0.5, 0.6) is 0 Å². The summed E-state index contributed by atoms with van der Waals surface area (Å²) in [5, 5.41) is 16.2. The lowest BCUT2D eigenvalue weighted by Gasteiger charge is -2.16. The molecule has 0 aliphatic carbocycles. The minimum Gasteiger partial charge on any atom is -0.399 e. The van der Waals surface area contributed by atoms with E-state index in [1.165, 1.54) is 10.8 Å². The number of hydrogen-bond donors (Lipinski definition) is 3. The molecule has 0 saturated carbocycles. The minimum atomic E-state index is -0.534. The van der Waals surface area contributed by atoms with Crippen LogP contribution in [0.2, 0.25) is 0 Å². The Morgan fingerprint density at radius 2 is 1.44 bits per heavy atom. The number of nitrogen functional groups attached to an aromatic ring is 1. The summed E-state index contributed by atoms with van der Waals surface area (Å²) < 4.78 is 4.26. The molecule has 1 atom stereocenters. The van der Waals surface area contributed by atoms with E-state index in [9.17, 15) is 5.11 Å². The third kappa shape index (κ3) is 3.83. The van der Waals surface area contributed by atoms with Gasteiger partial charge in [0.2, 0.25) is 0 Å². The van der Waals surface area contributed by atoms with Gasteiger partial charge in [0, 0.05) is 48.7 Å². The Morgan fingerprint density at radius 3 is 2.00 bits per heavy atom. The van der Waals surface area contributed by atoms with E-state index in [0.717, 1.165) is 31.4 Å². The number of aromatic nitrogens is 1. The first-order valence-corrected chi connectivity index (χ1v) is 10.2. The Labute approximate surface area is 174 Å². The maximum absolute atomic E-state index is 10.6. The van der Waals surface area contributed by atoms with Gasteiger partial charge in [-0.15, -0.1) is 0 Å². The summed E-state index contributed by atoms with van der Waals surface area (Å²) in [6.45, 7) is 0.962. The molecule has 0 saturated heterocycles. The summed E-state index contributed by atoms with van der Waals surface area (Å²) in [6, 6.07) is 20.0. The van der Waals surface area contributed by atoms with E-state index < -0.39 is 6.10 Å². The highest BCUT2D eigenvalue weighted by atomic mass is 79.9. The fourth-order valence-corrected chi connectivity index (χ4v) is 4.08. The zero-order chi connectivity index (χ0) is 19.0. The van der Waals surface area contributed by atoms with Gasteiger partial charge in [-0.2, -0.15) is 0 Å². The Balaban J connectivity index is 1.63. The molecule has 0 aliphatic rings. The second-order valence-electron chi connectivity index (χ2n) is 6.59. The van der Waals surface area contributed by atoms with Crippen LogP contribution in [0.4, 0.5) is 11.4 Å². The monoisotopic (exact) mass is 487 g/mol. The summed E-state index contributed by atoms with van der Waals surface area (Å²) in [5.74, 6) is 0. The molecule has 4 rings (SSSR count). The molecule has 0 spiro atoms. The number of aliphatic hydroxyl groups excluding tert-OH is 1. The van der Waals surface area contributed by atoms with Crippen LogP contribution in [0.15, 0.2) is 69.6 Å². The summed E-state index contributed by atoms with van der Waals surface area (Å²) in [7, 11) is 0. The van der Waals surface area contributed by atoms with Gasteiger partial charge in [-0.3, -0.25) is 0 Å². The summed E-state index contributed by atoms with van der Waals surface area (Å²) in [5.41, 5.74) is 9.60. The molecule has 4 N–H and O–H groups in total. The van der Waals surface area contributed by atoms with Crippen LogP contribution in [-0.2, 0) is 6.54 Å². The summed E-state index contributed by atoms with van der Waals surface area (Å²) in [6.07, 6.45) is -0.534.